The number of rotatable bonds is 3. The molecule has 3 rings (SSSR count). The van der Waals surface area contributed by atoms with Crippen molar-refractivity contribution in [2.24, 2.45) is 0 Å². The van der Waals surface area contributed by atoms with Gasteiger partial charge in [-0.1, -0.05) is 12.1 Å². The number of para-hydroxylation sites is 1. The van der Waals surface area contributed by atoms with Gasteiger partial charge in [0.15, 0.2) is 5.13 Å². The Labute approximate surface area is 126 Å². The first kappa shape index (κ1) is 13.8. The fourth-order valence-electron chi connectivity index (χ4n) is 2.19. The summed E-state index contributed by atoms with van der Waals surface area (Å²) >= 11 is 1.39. The number of piperazine rings is 1. The van der Waals surface area contributed by atoms with E-state index in [1.165, 1.54) is 17.4 Å². The minimum atomic E-state index is -0.352. The van der Waals surface area contributed by atoms with Gasteiger partial charge < -0.3 is 15.3 Å². The second kappa shape index (κ2) is 6.11. The van der Waals surface area contributed by atoms with E-state index in [1.54, 1.807) is 18.2 Å². The van der Waals surface area contributed by atoms with Gasteiger partial charge in [0.25, 0.3) is 5.91 Å². The molecule has 0 saturated carbocycles. The van der Waals surface area contributed by atoms with Crippen LogP contribution in [-0.4, -0.2) is 42.2 Å². The van der Waals surface area contributed by atoms with Crippen LogP contribution in [0.5, 0.6) is 5.75 Å². The van der Waals surface area contributed by atoms with Crippen LogP contribution in [0.2, 0.25) is 0 Å². The molecule has 7 heteroatoms. The van der Waals surface area contributed by atoms with Crippen molar-refractivity contribution in [3.8, 4) is 5.75 Å². The number of carbonyl (C=O) groups excluding carboxylic acids is 1. The van der Waals surface area contributed by atoms with Crippen LogP contribution in [0, 0.1) is 0 Å². The van der Waals surface area contributed by atoms with Crippen molar-refractivity contribution >= 4 is 28.2 Å². The molecule has 1 fully saturated rings. The van der Waals surface area contributed by atoms with E-state index in [1.807, 2.05) is 5.38 Å². The molecule has 21 heavy (non-hydrogen) atoms. The van der Waals surface area contributed by atoms with Crippen LogP contribution in [0.15, 0.2) is 29.6 Å². The monoisotopic (exact) mass is 304 g/mol. The topological polar surface area (TPSA) is 77.5 Å². The van der Waals surface area contributed by atoms with E-state index < -0.39 is 0 Å². The molecule has 0 aliphatic carbocycles. The lowest BCUT2D eigenvalue weighted by Gasteiger charge is -2.27. The van der Waals surface area contributed by atoms with E-state index in [4.69, 9.17) is 0 Å². The summed E-state index contributed by atoms with van der Waals surface area (Å²) in [7, 11) is 0. The van der Waals surface area contributed by atoms with Gasteiger partial charge in [-0.3, -0.25) is 10.1 Å². The zero-order valence-corrected chi connectivity index (χ0v) is 12.2. The molecule has 2 aromatic rings. The molecule has 3 N–H and O–H groups in total. The van der Waals surface area contributed by atoms with E-state index in [2.05, 4.69) is 20.5 Å². The van der Waals surface area contributed by atoms with Gasteiger partial charge in [-0.25, -0.2) is 4.98 Å². The second-order valence-corrected chi connectivity index (χ2v) is 5.58. The Hall–Kier alpha value is -2.12. The van der Waals surface area contributed by atoms with Crippen molar-refractivity contribution in [2.45, 2.75) is 0 Å². The molecule has 1 aliphatic rings. The largest absolute Gasteiger partial charge is 0.507 e. The molecule has 2 heterocycles. The second-order valence-electron chi connectivity index (χ2n) is 4.72. The average molecular weight is 304 g/mol. The Bertz CT molecular complexity index is 637. The first-order valence-electron chi connectivity index (χ1n) is 6.74. The third kappa shape index (κ3) is 3.14. The van der Waals surface area contributed by atoms with E-state index in [9.17, 15) is 9.90 Å². The van der Waals surface area contributed by atoms with Gasteiger partial charge in [0.2, 0.25) is 0 Å². The van der Waals surface area contributed by atoms with Gasteiger partial charge in [0.05, 0.1) is 5.56 Å². The van der Waals surface area contributed by atoms with Crippen LogP contribution in [0.1, 0.15) is 10.4 Å². The number of thiazole rings is 1. The highest BCUT2D eigenvalue weighted by atomic mass is 32.1. The Morgan fingerprint density at radius 1 is 1.33 bits per heavy atom. The van der Waals surface area contributed by atoms with Gasteiger partial charge >= 0.3 is 0 Å². The van der Waals surface area contributed by atoms with Crippen LogP contribution in [-0.2, 0) is 0 Å². The molecule has 0 atom stereocenters. The Morgan fingerprint density at radius 2 is 2.10 bits per heavy atom. The number of benzene rings is 1. The minimum absolute atomic E-state index is 0.0334. The minimum Gasteiger partial charge on any atom is -0.507 e. The number of anilines is 2. The third-order valence-electron chi connectivity index (χ3n) is 3.30. The number of nitrogens with zero attached hydrogens (tertiary/aromatic N) is 2. The molecule has 1 aromatic carbocycles. The molecule has 0 bridgehead atoms. The number of hydrogen-bond acceptors (Lipinski definition) is 6. The summed E-state index contributed by atoms with van der Waals surface area (Å²) in [5, 5.41) is 18.2. The van der Waals surface area contributed by atoms with Crippen molar-refractivity contribution in [1.82, 2.24) is 10.3 Å². The number of phenolic OH excluding ortho intramolecular Hbond substituents is 1. The molecule has 1 aliphatic heterocycles. The summed E-state index contributed by atoms with van der Waals surface area (Å²) < 4.78 is 0. The van der Waals surface area contributed by atoms with Crippen molar-refractivity contribution < 1.29 is 9.90 Å². The van der Waals surface area contributed by atoms with E-state index in [0.29, 0.717) is 5.13 Å². The number of carbonyl (C=O) groups is 1. The molecular weight excluding hydrogens is 288 g/mol. The lowest BCUT2D eigenvalue weighted by molar-refractivity contribution is 0.102. The predicted octanol–water partition coefficient (Wildman–Crippen LogP) is 1.51. The SMILES string of the molecule is O=C(Nc1nc(N2CCNCC2)cs1)c1ccccc1O. The smallest absolute Gasteiger partial charge is 0.261 e. The Balaban J connectivity index is 1.69. The number of hydrogen-bond donors (Lipinski definition) is 3. The highest BCUT2D eigenvalue weighted by molar-refractivity contribution is 7.14. The van der Waals surface area contributed by atoms with E-state index in [-0.39, 0.29) is 17.2 Å². The van der Waals surface area contributed by atoms with Crippen molar-refractivity contribution in [3.05, 3.63) is 35.2 Å². The van der Waals surface area contributed by atoms with Crippen LogP contribution in [0.3, 0.4) is 0 Å². The molecule has 0 radical (unpaired) electrons. The van der Waals surface area contributed by atoms with Crippen molar-refractivity contribution in [1.29, 1.82) is 0 Å². The summed E-state index contributed by atoms with van der Waals surface area (Å²) in [5.41, 5.74) is 0.247. The summed E-state index contributed by atoms with van der Waals surface area (Å²) in [5.74, 6) is 0.497. The molecule has 1 aromatic heterocycles. The number of aromatic hydroxyl groups is 1. The zero-order chi connectivity index (χ0) is 14.7. The number of nitrogens with one attached hydrogen (secondary N) is 2. The Kier molecular flexibility index (Phi) is 4.03. The maximum atomic E-state index is 12.1. The molecule has 1 amide bonds. The maximum absolute atomic E-state index is 12.1. The van der Waals surface area contributed by atoms with Crippen molar-refractivity contribution in [3.63, 3.8) is 0 Å². The standard InChI is InChI=1S/C14H16N4O2S/c19-11-4-2-1-3-10(11)13(20)17-14-16-12(9-21-14)18-7-5-15-6-8-18/h1-4,9,15,19H,5-8H2,(H,16,17,20). The molecule has 6 nitrogen and oxygen atoms in total. The summed E-state index contributed by atoms with van der Waals surface area (Å²) in [6.45, 7) is 3.71. The third-order valence-corrected chi connectivity index (χ3v) is 4.05. The lowest BCUT2D eigenvalue weighted by Crippen LogP contribution is -2.43. The van der Waals surface area contributed by atoms with Crippen LogP contribution in [0.25, 0.3) is 0 Å². The van der Waals surface area contributed by atoms with E-state index in [0.717, 1.165) is 32.0 Å². The maximum Gasteiger partial charge on any atom is 0.261 e. The number of aromatic nitrogens is 1. The first-order chi connectivity index (χ1) is 10.2. The number of phenols is 1. The molecule has 0 spiro atoms. The van der Waals surface area contributed by atoms with Crippen molar-refractivity contribution in [2.75, 3.05) is 36.4 Å². The highest BCUT2D eigenvalue weighted by Crippen LogP contribution is 2.24. The van der Waals surface area contributed by atoms with Gasteiger partial charge in [0, 0.05) is 31.6 Å². The predicted molar refractivity (Wildman–Crippen MR) is 83.3 cm³/mol. The van der Waals surface area contributed by atoms with Gasteiger partial charge in [-0.05, 0) is 12.1 Å². The van der Waals surface area contributed by atoms with Crippen LogP contribution >= 0.6 is 11.3 Å². The van der Waals surface area contributed by atoms with Gasteiger partial charge in [0.1, 0.15) is 11.6 Å². The lowest BCUT2D eigenvalue weighted by atomic mass is 10.2. The molecule has 0 unspecified atom stereocenters. The van der Waals surface area contributed by atoms with Crippen LogP contribution < -0.4 is 15.5 Å². The normalized spacial score (nSPS) is 15.0. The quantitative estimate of drug-likeness (QED) is 0.801. The first-order valence-corrected chi connectivity index (χ1v) is 7.62. The fourth-order valence-corrected chi connectivity index (χ4v) is 2.91. The Morgan fingerprint density at radius 3 is 2.86 bits per heavy atom. The summed E-state index contributed by atoms with van der Waals surface area (Å²) in [6.07, 6.45) is 0. The zero-order valence-electron chi connectivity index (χ0n) is 11.4. The van der Waals surface area contributed by atoms with Crippen LogP contribution in [0.4, 0.5) is 10.9 Å². The fraction of sp³-hybridized carbons (Fsp3) is 0.286. The summed E-state index contributed by atoms with van der Waals surface area (Å²) in [6, 6.07) is 6.46. The molecular formula is C14H16N4O2S. The number of amides is 1. The molecule has 1 saturated heterocycles. The highest BCUT2D eigenvalue weighted by Gasteiger charge is 2.16. The van der Waals surface area contributed by atoms with Gasteiger partial charge in [-0.15, -0.1) is 11.3 Å². The average Bonchev–Trinajstić information content (AvgIpc) is 2.97. The summed E-state index contributed by atoms with van der Waals surface area (Å²) in [4.78, 5) is 18.7. The molecule has 110 valence electrons. The van der Waals surface area contributed by atoms with Gasteiger partial charge in [-0.2, -0.15) is 0 Å². The van der Waals surface area contributed by atoms with E-state index >= 15 is 0 Å².